The van der Waals surface area contributed by atoms with Gasteiger partial charge < -0.3 is 24.3 Å². The molecule has 0 unspecified atom stereocenters. The average molecular weight is 425 g/mol. The summed E-state index contributed by atoms with van der Waals surface area (Å²) in [7, 11) is 0. The zero-order valence-electron chi connectivity index (χ0n) is 16.3. The average Bonchev–Trinajstić information content (AvgIpc) is 2.71. The van der Waals surface area contributed by atoms with E-state index in [0.29, 0.717) is 10.9 Å². The predicted molar refractivity (Wildman–Crippen MR) is 110 cm³/mol. The monoisotopic (exact) mass is 425 g/mol. The summed E-state index contributed by atoms with van der Waals surface area (Å²) in [6, 6.07) is 14.7. The summed E-state index contributed by atoms with van der Waals surface area (Å²) in [5.41, 5.74) is 0.925. The second kappa shape index (κ2) is 9.57. The quantitative estimate of drug-likeness (QED) is 0.390. The Morgan fingerprint density at radius 3 is 2.26 bits per heavy atom. The van der Waals surface area contributed by atoms with Gasteiger partial charge in [-0.2, -0.15) is 0 Å². The lowest BCUT2D eigenvalue weighted by Crippen LogP contribution is -2.34. The van der Waals surface area contributed by atoms with E-state index in [9.17, 15) is 19.2 Å². The molecule has 9 heteroatoms. The van der Waals surface area contributed by atoms with Crippen LogP contribution in [0.4, 0.5) is 5.69 Å². The minimum absolute atomic E-state index is 0.0870. The SMILES string of the molecule is O=C(O)CN(CC(=O)O)c1ccc2c(COC(=O)Cc3ccccc3)cc(=O)oc2c1. The Morgan fingerprint density at radius 1 is 0.935 bits per heavy atom. The summed E-state index contributed by atoms with van der Waals surface area (Å²) < 4.78 is 10.5. The molecule has 0 saturated heterocycles. The van der Waals surface area contributed by atoms with Gasteiger partial charge in [0.15, 0.2) is 0 Å². The van der Waals surface area contributed by atoms with E-state index in [1.807, 2.05) is 18.2 Å². The van der Waals surface area contributed by atoms with E-state index in [2.05, 4.69) is 0 Å². The first-order valence-electron chi connectivity index (χ1n) is 9.26. The third-order valence-corrected chi connectivity index (χ3v) is 4.41. The first-order chi connectivity index (χ1) is 14.8. The molecular weight excluding hydrogens is 406 g/mol. The summed E-state index contributed by atoms with van der Waals surface area (Å²) >= 11 is 0. The Bertz CT molecular complexity index is 1150. The number of carboxylic acids is 2. The maximum Gasteiger partial charge on any atom is 0.336 e. The highest BCUT2D eigenvalue weighted by Crippen LogP contribution is 2.24. The van der Waals surface area contributed by atoms with Crippen LogP contribution in [0.25, 0.3) is 11.0 Å². The number of carbonyl (C=O) groups is 3. The summed E-state index contributed by atoms with van der Waals surface area (Å²) in [5.74, 6) is -2.87. The largest absolute Gasteiger partial charge is 0.480 e. The molecule has 1 aromatic heterocycles. The number of benzene rings is 2. The van der Waals surface area contributed by atoms with Crippen LogP contribution in [0.1, 0.15) is 11.1 Å². The van der Waals surface area contributed by atoms with Gasteiger partial charge in [-0.25, -0.2) is 4.79 Å². The van der Waals surface area contributed by atoms with Crippen molar-refractivity contribution in [3.8, 4) is 0 Å². The Kier molecular flexibility index (Phi) is 6.66. The predicted octanol–water partition coefficient (Wildman–Crippen LogP) is 2.05. The first kappa shape index (κ1) is 21.6. The van der Waals surface area contributed by atoms with Crippen LogP contribution in [0.5, 0.6) is 0 Å². The van der Waals surface area contributed by atoms with E-state index in [1.165, 1.54) is 18.2 Å². The lowest BCUT2D eigenvalue weighted by atomic mass is 10.1. The first-order valence-corrected chi connectivity index (χ1v) is 9.26. The Morgan fingerprint density at radius 2 is 1.61 bits per heavy atom. The Hall–Kier alpha value is -4.14. The summed E-state index contributed by atoms with van der Waals surface area (Å²) in [4.78, 5) is 47.3. The van der Waals surface area contributed by atoms with Crippen LogP contribution in [-0.4, -0.2) is 41.2 Å². The van der Waals surface area contributed by atoms with E-state index in [4.69, 9.17) is 19.4 Å². The molecule has 0 bridgehead atoms. The molecule has 31 heavy (non-hydrogen) atoms. The van der Waals surface area contributed by atoms with Gasteiger partial charge in [0.25, 0.3) is 0 Å². The highest BCUT2D eigenvalue weighted by molar-refractivity contribution is 5.86. The summed E-state index contributed by atoms with van der Waals surface area (Å²) in [6.07, 6.45) is 0.0870. The van der Waals surface area contributed by atoms with Crippen LogP contribution < -0.4 is 10.5 Å². The van der Waals surface area contributed by atoms with Crippen molar-refractivity contribution in [3.63, 3.8) is 0 Å². The minimum Gasteiger partial charge on any atom is -0.480 e. The van der Waals surface area contributed by atoms with Gasteiger partial charge in [-0.1, -0.05) is 30.3 Å². The minimum atomic E-state index is -1.21. The van der Waals surface area contributed by atoms with Crippen molar-refractivity contribution in [3.05, 3.63) is 76.1 Å². The third-order valence-electron chi connectivity index (χ3n) is 4.41. The molecule has 0 spiro atoms. The second-order valence-corrected chi connectivity index (χ2v) is 6.74. The van der Waals surface area contributed by atoms with Crippen molar-refractivity contribution in [2.45, 2.75) is 13.0 Å². The van der Waals surface area contributed by atoms with Crippen LogP contribution in [0.2, 0.25) is 0 Å². The van der Waals surface area contributed by atoms with E-state index in [-0.39, 0.29) is 24.3 Å². The summed E-state index contributed by atoms with van der Waals surface area (Å²) in [5, 5.41) is 18.5. The molecule has 2 N–H and O–H groups in total. The fourth-order valence-electron chi connectivity index (χ4n) is 3.07. The molecule has 160 valence electrons. The van der Waals surface area contributed by atoms with Crippen molar-refractivity contribution in [2.24, 2.45) is 0 Å². The van der Waals surface area contributed by atoms with Crippen LogP contribution in [0.3, 0.4) is 0 Å². The van der Waals surface area contributed by atoms with Gasteiger partial charge in [-0.05, 0) is 17.7 Å². The molecule has 3 aromatic rings. The molecule has 0 amide bonds. The number of aliphatic carboxylic acids is 2. The smallest absolute Gasteiger partial charge is 0.336 e. The maximum absolute atomic E-state index is 12.1. The molecule has 9 nitrogen and oxygen atoms in total. The van der Waals surface area contributed by atoms with E-state index in [0.717, 1.165) is 10.5 Å². The fraction of sp³-hybridized carbons (Fsp3) is 0.182. The number of fused-ring (bicyclic) bond motifs is 1. The standard InChI is InChI=1S/C22H19NO8/c24-19(25)11-23(12-20(26)27)16-6-7-17-15(9-22(29)31-18(17)10-16)13-30-21(28)8-14-4-2-1-3-5-14/h1-7,9-10H,8,11-13H2,(H,24,25)(H,26,27). The van der Waals surface area contributed by atoms with E-state index >= 15 is 0 Å². The molecule has 3 rings (SSSR count). The number of esters is 1. The zero-order valence-corrected chi connectivity index (χ0v) is 16.3. The van der Waals surface area contributed by atoms with Crippen LogP contribution in [-0.2, 0) is 32.1 Å². The number of carbonyl (C=O) groups excluding carboxylic acids is 1. The third kappa shape index (κ3) is 5.92. The zero-order chi connectivity index (χ0) is 22.4. The van der Waals surface area contributed by atoms with Gasteiger partial charge >= 0.3 is 23.5 Å². The van der Waals surface area contributed by atoms with Gasteiger partial charge in [0.2, 0.25) is 0 Å². The number of anilines is 1. The Labute approximate surface area is 176 Å². The van der Waals surface area contributed by atoms with E-state index in [1.54, 1.807) is 18.2 Å². The van der Waals surface area contributed by atoms with Crippen molar-refractivity contribution in [1.82, 2.24) is 0 Å². The van der Waals surface area contributed by atoms with Gasteiger partial charge in [0, 0.05) is 28.8 Å². The molecule has 2 aromatic carbocycles. The van der Waals surface area contributed by atoms with Gasteiger partial charge in [-0.15, -0.1) is 0 Å². The normalized spacial score (nSPS) is 10.6. The molecule has 0 saturated carbocycles. The van der Waals surface area contributed by atoms with Crippen molar-refractivity contribution in [1.29, 1.82) is 0 Å². The fourth-order valence-corrected chi connectivity index (χ4v) is 3.07. The molecule has 0 atom stereocenters. The highest BCUT2D eigenvalue weighted by Gasteiger charge is 2.16. The van der Waals surface area contributed by atoms with Crippen molar-refractivity contribution in [2.75, 3.05) is 18.0 Å². The number of hydrogen-bond donors (Lipinski definition) is 2. The van der Waals surface area contributed by atoms with Gasteiger partial charge in [0.1, 0.15) is 25.3 Å². The second-order valence-electron chi connectivity index (χ2n) is 6.74. The molecule has 0 aliphatic carbocycles. The molecule has 1 heterocycles. The Balaban J connectivity index is 1.82. The topological polar surface area (TPSA) is 134 Å². The number of ether oxygens (including phenoxy) is 1. The van der Waals surface area contributed by atoms with Crippen LogP contribution >= 0.6 is 0 Å². The van der Waals surface area contributed by atoms with E-state index < -0.39 is 36.6 Å². The highest BCUT2D eigenvalue weighted by atomic mass is 16.5. The number of nitrogens with zero attached hydrogens (tertiary/aromatic N) is 1. The lowest BCUT2D eigenvalue weighted by molar-refractivity contribution is -0.144. The molecule has 0 aliphatic heterocycles. The summed E-state index contributed by atoms with van der Waals surface area (Å²) in [6.45, 7) is -1.24. The number of carboxylic acid groups (broad SMARTS) is 2. The number of rotatable bonds is 9. The van der Waals surface area contributed by atoms with Crippen LogP contribution in [0, 0.1) is 0 Å². The number of hydrogen-bond acceptors (Lipinski definition) is 7. The van der Waals surface area contributed by atoms with Crippen LogP contribution in [0.15, 0.2) is 63.8 Å². The molecular formula is C22H19NO8. The maximum atomic E-state index is 12.1. The van der Waals surface area contributed by atoms with Crippen molar-refractivity contribution >= 4 is 34.6 Å². The molecule has 0 radical (unpaired) electrons. The molecule has 0 fully saturated rings. The molecule has 0 aliphatic rings. The lowest BCUT2D eigenvalue weighted by Gasteiger charge is -2.21. The van der Waals surface area contributed by atoms with Crippen molar-refractivity contribution < 1.29 is 33.8 Å². The van der Waals surface area contributed by atoms with Gasteiger partial charge in [-0.3, -0.25) is 14.4 Å². The van der Waals surface area contributed by atoms with Gasteiger partial charge in [0.05, 0.1) is 6.42 Å².